The predicted molar refractivity (Wildman–Crippen MR) is 88.9 cm³/mol. The fraction of sp³-hybridized carbons (Fsp3) is 0.222. The van der Waals surface area contributed by atoms with Crippen LogP contribution in [0.2, 0.25) is 0 Å². The van der Waals surface area contributed by atoms with Crippen LogP contribution in [0.1, 0.15) is 18.9 Å². The molecular weight excluding hydrogens is 292 g/mol. The van der Waals surface area contributed by atoms with E-state index in [2.05, 4.69) is 0 Å². The van der Waals surface area contributed by atoms with E-state index in [0.29, 0.717) is 12.1 Å². The van der Waals surface area contributed by atoms with Crippen LogP contribution in [0.5, 0.6) is 0 Å². The van der Waals surface area contributed by atoms with E-state index in [9.17, 15) is 14.7 Å². The number of benzene rings is 2. The maximum Gasteiger partial charge on any atom is 0.344 e. The zero-order chi connectivity index (χ0) is 16.9. The molecule has 120 valence electrons. The van der Waals surface area contributed by atoms with E-state index in [0.717, 1.165) is 10.5 Å². The molecular formula is C18H20N2O3. The lowest BCUT2D eigenvalue weighted by molar-refractivity contribution is -0.144. The molecule has 5 nitrogen and oxygen atoms in total. The number of amides is 1. The Morgan fingerprint density at radius 2 is 1.57 bits per heavy atom. The second kappa shape index (κ2) is 7.07. The van der Waals surface area contributed by atoms with E-state index < -0.39 is 11.6 Å². The molecule has 0 radical (unpaired) electrons. The zero-order valence-electron chi connectivity index (χ0n) is 13.0. The Bertz CT molecular complexity index is 669. The van der Waals surface area contributed by atoms with E-state index >= 15 is 0 Å². The van der Waals surface area contributed by atoms with Crippen molar-refractivity contribution in [2.45, 2.75) is 25.4 Å². The Morgan fingerprint density at radius 1 is 1.04 bits per heavy atom. The van der Waals surface area contributed by atoms with Crippen LogP contribution in [0.3, 0.4) is 0 Å². The van der Waals surface area contributed by atoms with Crippen LogP contribution in [0, 0.1) is 0 Å². The second-order valence-electron chi connectivity index (χ2n) is 5.50. The first-order valence-corrected chi connectivity index (χ1v) is 7.37. The third-order valence-corrected chi connectivity index (χ3v) is 3.63. The van der Waals surface area contributed by atoms with Crippen molar-refractivity contribution in [3.05, 3.63) is 66.2 Å². The average molecular weight is 312 g/mol. The molecule has 0 saturated heterocycles. The number of aryl methyl sites for hydroxylation is 1. The van der Waals surface area contributed by atoms with Gasteiger partial charge >= 0.3 is 5.97 Å². The minimum Gasteiger partial charge on any atom is -0.478 e. The highest BCUT2D eigenvalue weighted by atomic mass is 16.4. The van der Waals surface area contributed by atoms with Crippen LogP contribution in [0.25, 0.3) is 0 Å². The summed E-state index contributed by atoms with van der Waals surface area (Å²) in [6.45, 7) is 1.32. The van der Waals surface area contributed by atoms with Gasteiger partial charge < -0.3 is 5.11 Å². The van der Waals surface area contributed by atoms with Gasteiger partial charge in [0.25, 0.3) is 0 Å². The van der Waals surface area contributed by atoms with E-state index in [1.54, 1.807) is 30.3 Å². The van der Waals surface area contributed by atoms with Gasteiger partial charge in [-0.15, -0.1) is 0 Å². The van der Waals surface area contributed by atoms with E-state index in [-0.39, 0.29) is 12.3 Å². The van der Waals surface area contributed by atoms with Gasteiger partial charge in [-0.1, -0.05) is 48.5 Å². The number of anilines is 1. The van der Waals surface area contributed by atoms with Crippen LogP contribution in [0.4, 0.5) is 5.69 Å². The highest BCUT2D eigenvalue weighted by molar-refractivity contribution is 6.01. The maximum absolute atomic E-state index is 12.7. The van der Waals surface area contributed by atoms with Crippen molar-refractivity contribution in [2.24, 2.45) is 5.73 Å². The van der Waals surface area contributed by atoms with Crippen LogP contribution >= 0.6 is 0 Å². The molecule has 0 aliphatic heterocycles. The molecule has 2 aromatic rings. The summed E-state index contributed by atoms with van der Waals surface area (Å²) in [5, 5.41) is 9.39. The van der Waals surface area contributed by atoms with Gasteiger partial charge in [0.2, 0.25) is 5.91 Å². The molecule has 0 aliphatic carbocycles. The Labute approximate surface area is 135 Å². The first-order valence-electron chi connectivity index (χ1n) is 7.37. The molecule has 0 bridgehead atoms. The summed E-state index contributed by atoms with van der Waals surface area (Å²) in [5.74, 6) is -1.58. The Hall–Kier alpha value is -2.66. The van der Waals surface area contributed by atoms with E-state index in [1.165, 1.54) is 6.92 Å². The minimum absolute atomic E-state index is 0.180. The van der Waals surface area contributed by atoms with Crippen molar-refractivity contribution in [3.8, 4) is 0 Å². The fourth-order valence-electron chi connectivity index (χ4n) is 2.35. The van der Waals surface area contributed by atoms with Crippen molar-refractivity contribution in [3.63, 3.8) is 0 Å². The number of nitrogens with two attached hydrogens (primary N) is 1. The molecule has 23 heavy (non-hydrogen) atoms. The van der Waals surface area contributed by atoms with Crippen LogP contribution in [-0.2, 0) is 16.0 Å². The Morgan fingerprint density at radius 3 is 2.09 bits per heavy atom. The number of carbonyl (C=O) groups is 2. The van der Waals surface area contributed by atoms with Gasteiger partial charge in [-0.05, 0) is 31.0 Å². The molecule has 0 aliphatic rings. The van der Waals surface area contributed by atoms with Gasteiger partial charge in [-0.25, -0.2) is 4.79 Å². The van der Waals surface area contributed by atoms with Crippen molar-refractivity contribution in [1.29, 1.82) is 0 Å². The first kappa shape index (κ1) is 16.7. The van der Waals surface area contributed by atoms with Crippen molar-refractivity contribution >= 4 is 17.6 Å². The molecule has 0 aromatic heterocycles. The summed E-state index contributed by atoms with van der Waals surface area (Å²) < 4.78 is 0. The van der Waals surface area contributed by atoms with Gasteiger partial charge in [-0.2, -0.15) is 0 Å². The largest absolute Gasteiger partial charge is 0.478 e. The molecule has 1 amide bonds. The fourth-order valence-corrected chi connectivity index (χ4v) is 2.35. The quantitative estimate of drug-likeness (QED) is 0.802. The number of carbonyl (C=O) groups excluding carboxylic acids is 1. The predicted octanol–water partition coefficient (Wildman–Crippen LogP) is 2.41. The molecule has 2 aromatic carbocycles. The highest BCUT2D eigenvalue weighted by Gasteiger charge is 2.39. The summed E-state index contributed by atoms with van der Waals surface area (Å²) in [5.41, 5.74) is 5.59. The van der Waals surface area contributed by atoms with Crippen LogP contribution < -0.4 is 10.6 Å². The number of hydrogen-bond acceptors (Lipinski definition) is 3. The molecule has 2 rings (SSSR count). The molecule has 1 atom stereocenters. The van der Waals surface area contributed by atoms with Gasteiger partial charge in [0, 0.05) is 12.1 Å². The van der Waals surface area contributed by atoms with Gasteiger partial charge in [-0.3, -0.25) is 15.4 Å². The SMILES string of the molecule is C[C@@](N)(C(=O)O)N(C(=O)CCc1ccccc1)c1ccccc1. The Balaban J connectivity index is 2.23. The molecule has 0 unspecified atom stereocenters. The maximum atomic E-state index is 12.7. The number of para-hydroxylation sites is 1. The lowest BCUT2D eigenvalue weighted by Gasteiger charge is -2.34. The van der Waals surface area contributed by atoms with Crippen molar-refractivity contribution in [1.82, 2.24) is 0 Å². The molecule has 0 fully saturated rings. The molecule has 0 heterocycles. The summed E-state index contributed by atoms with van der Waals surface area (Å²) in [7, 11) is 0. The van der Waals surface area contributed by atoms with Gasteiger partial charge in [0.1, 0.15) is 0 Å². The smallest absolute Gasteiger partial charge is 0.344 e. The van der Waals surface area contributed by atoms with Gasteiger partial charge in [0.15, 0.2) is 5.66 Å². The average Bonchev–Trinajstić information content (AvgIpc) is 2.55. The monoisotopic (exact) mass is 312 g/mol. The van der Waals surface area contributed by atoms with Crippen molar-refractivity contribution < 1.29 is 14.7 Å². The number of aliphatic carboxylic acids is 1. The van der Waals surface area contributed by atoms with Crippen molar-refractivity contribution in [2.75, 3.05) is 4.90 Å². The number of carboxylic acids is 1. The molecule has 0 saturated carbocycles. The minimum atomic E-state index is -1.81. The normalized spacial score (nSPS) is 13.1. The number of carboxylic acid groups (broad SMARTS) is 1. The lowest BCUT2D eigenvalue weighted by atomic mass is 10.1. The number of hydrogen-bond donors (Lipinski definition) is 2. The number of rotatable bonds is 6. The van der Waals surface area contributed by atoms with Gasteiger partial charge in [0.05, 0.1) is 0 Å². The molecule has 3 N–H and O–H groups in total. The topological polar surface area (TPSA) is 83.6 Å². The van der Waals surface area contributed by atoms with E-state index in [1.807, 2.05) is 30.3 Å². The standard InChI is InChI=1S/C18H20N2O3/c1-18(19,17(22)23)20(15-10-6-3-7-11-15)16(21)13-12-14-8-4-2-5-9-14/h2-11H,12-13,19H2,1H3,(H,22,23)/t18-/m0/s1. The lowest BCUT2D eigenvalue weighted by Crippen LogP contribution is -2.62. The summed E-state index contributed by atoms with van der Waals surface area (Å²) >= 11 is 0. The highest BCUT2D eigenvalue weighted by Crippen LogP contribution is 2.22. The second-order valence-corrected chi connectivity index (χ2v) is 5.50. The summed E-state index contributed by atoms with van der Waals surface area (Å²) in [6.07, 6.45) is 0.706. The van der Waals surface area contributed by atoms with E-state index in [4.69, 9.17) is 5.73 Å². The van der Waals surface area contributed by atoms with Crippen LogP contribution in [0.15, 0.2) is 60.7 Å². The first-order chi connectivity index (χ1) is 10.9. The molecule has 0 spiro atoms. The number of nitrogens with zero attached hydrogens (tertiary/aromatic N) is 1. The molecule has 5 heteroatoms. The summed E-state index contributed by atoms with van der Waals surface area (Å²) in [6, 6.07) is 18.2. The summed E-state index contributed by atoms with van der Waals surface area (Å²) in [4.78, 5) is 25.3. The third-order valence-electron chi connectivity index (χ3n) is 3.63. The third kappa shape index (κ3) is 3.96. The zero-order valence-corrected chi connectivity index (χ0v) is 13.0. The van der Waals surface area contributed by atoms with Crippen LogP contribution in [-0.4, -0.2) is 22.6 Å². The Kier molecular flexibility index (Phi) is 5.13.